The zero-order chi connectivity index (χ0) is 14.2. The molecule has 1 atom stereocenters. The molecule has 0 radical (unpaired) electrons. The summed E-state index contributed by atoms with van der Waals surface area (Å²) in [6.07, 6.45) is -4.45. The van der Waals surface area contributed by atoms with E-state index in [0.717, 1.165) is 18.2 Å². The molecule has 0 N–H and O–H groups in total. The lowest BCUT2D eigenvalue weighted by Crippen LogP contribution is -2.50. The molecule has 106 valence electrons. The molecule has 0 spiro atoms. The predicted molar refractivity (Wildman–Crippen MR) is 65.7 cm³/mol. The van der Waals surface area contributed by atoms with Crippen LogP contribution in [0.1, 0.15) is 12.5 Å². The minimum atomic E-state index is -4.45. The maximum Gasteiger partial charge on any atom is 0.416 e. The average Bonchev–Trinajstić information content (AvgIpc) is 2.29. The van der Waals surface area contributed by atoms with E-state index in [9.17, 15) is 17.6 Å². The third kappa shape index (κ3) is 3.00. The van der Waals surface area contributed by atoms with Crippen LogP contribution in [0.15, 0.2) is 18.2 Å². The van der Waals surface area contributed by atoms with Crippen LogP contribution in [0.2, 0.25) is 0 Å². The first-order valence-electron chi connectivity index (χ1n) is 6.11. The summed E-state index contributed by atoms with van der Waals surface area (Å²) in [6, 6.07) is 2.55. The van der Waals surface area contributed by atoms with Gasteiger partial charge in [0.2, 0.25) is 0 Å². The van der Waals surface area contributed by atoms with E-state index in [0.29, 0.717) is 19.6 Å². The van der Waals surface area contributed by atoms with Gasteiger partial charge in [-0.1, -0.05) is 0 Å². The molecule has 1 heterocycles. The van der Waals surface area contributed by atoms with E-state index in [4.69, 9.17) is 0 Å². The average molecular weight is 276 g/mol. The second kappa shape index (κ2) is 5.00. The molecule has 1 aliphatic rings. The van der Waals surface area contributed by atoms with Crippen molar-refractivity contribution in [2.24, 2.45) is 0 Å². The van der Waals surface area contributed by atoms with Gasteiger partial charge in [0.25, 0.3) is 0 Å². The quantitative estimate of drug-likeness (QED) is 0.728. The highest BCUT2D eigenvalue weighted by Gasteiger charge is 2.32. The molecule has 0 bridgehead atoms. The topological polar surface area (TPSA) is 6.48 Å². The fourth-order valence-electron chi connectivity index (χ4n) is 2.41. The molecular formula is C13H16F4N2. The Morgan fingerprint density at radius 2 is 1.89 bits per heavy atom. The van der Waals surface area contributed by atoms with Crippen LogP contribution in [0.5, 0.6) is 0 Å². The Hall–Kier alpha value is -1.30. The monoisotopic (exact) mass is 276 g/mol. The van der Waals surface area contributed by atoms with E-state index in [1.807, 2.05) is 14.0 Å². The maximum absolute atomic E-state index is 13.8. The van der Waals surface area contributed by atoms with Gasteiger partial charge in [0.1, 0.15) is 5.82 Å². The molecular weight excluding hydrogens is 260 g/mol. The Labute approximate surface area is 109 Å². The fraction of sp³-hybridized carbons (Fsp3) is 0.538. The minimum absolute atomic E-state index is 0.0169. The fourth-order valence-corrected chi connectivity index (χ4v) is 2.41. The van der Waals surface area contributed by atoms with Crippen LogP contribution in [0.4, 0.5) is 23.2 Å². The highest BCUT2D eigenvalue weighted by molar-refractivity contribution is 5.52. The van der Waals surface area contributed by atoms with Gasteiger partial charge in [-0.25, -0.2) is 4.39 Å². The van der Waals surface area contributed by atoms with Crippen molar-refractivity contribution in [3.8, 4) is 0 Å². The molecule has 19 heavy (non-hydrogen) atoms. The van der Waals surface area contributed by atoms with Crippen molar-refractivity contribution in [1.29, 1.82) is 0 Å². The standard InChI is InChI=1S/C13H16F4N2/c1-9-8-18(2)5-6-19(9)12-7-10(13(15,16)17)3-4-11(12)14/h3-4,7,9H,5-6,8H2,1-2H3/t9-/m0/s1. The first-order valence-corrected chi connectivity index (χ1v) is 6.11. The maximum atomic E-state index is 13.8. The van der Waals surface area contributed by atoms with Crippen LogP contribution in [0.25, 0.3) is 0 Å². The van der Waals surface area contributed by atoms with E-state index >= 15 is 0 Å². The number of hydrogen-bond donors (Lipinski definition) is 0. The second-order valence-electron chi connectivity index (χ2n) is 4.97. The van der Waals surface area contributed by atoms with E-state index in [-0.39, 0.29) is 11.7 Å². The Morgan fingerprint density at radius 1 is 1.21 bits per heavy atom. The van der Waals surface area contributed by atoms with Crippen molar-refractivity contribution in [1.82, 2.24) is 4.90 Å². The molecule has 1 aromatic rings. The van der Waals surface area contributed by atoms with Gasteiger partial charge in [0.15, 0.2) is 0 Å². The Bertz CT molecular complexity index is 458. The van der Waals surface area contributed by atoms with Gasteiger partial charge in [-0.2, -0.15) is 13.2 Å². The van der Waals surface area contributed by atoms with Gasteiger partial charge >= 0.3 is 6.18 Å². The zero-order valence-corrected chi connectivity index (χ0v) is 10.8. The van der Waals surface area contributed by atoms with E-state index in [1.165, 1.54) is 0 Å². The number of rotatable bonds is 1. The lowest BCUT2D eigenvalue weighted by Gasteiger charge is -2.40. The summed E-state index contributed by atoms with van der Waals surface area (Å²) < 4.78 is 51.8. The minimum Gasteiger partial charge on any atom is -0.364 e. The number of benzene rings is 1. The summed E-state index contributed by atoms with van der Waals surface area (Å²) in [6.45, 7) is 3.82. The van der Waals surface area contributed by atoms with E-state index < -0.39 is 17.6 Å². The van der Waals surface area contributed by atoms with Gasteiger partial charge in [0.05, 0.1) is 11.3 Å². The molecule has 0 saturated carbocycles. The number of halogens is 4. The Morgan fingerprint density at radius 3 is 2.47 bits per heavy atom. The molecule has 0 amide bonds. The predicted octanol–water partition coefficient (Wildman–Crippen LogP) is 2.98. The number of likely N-dealkylation sites (N-methyl/N-ethyl adjacent to an activating group) is 1. The number of alkyl halides is 3. The molecule has 1 aliphatic heterocycles. The molecule has 2 nitrogen and oxygen atoms in total. The second-order valence-corrected chi connectivity index (χ2v) is 4.97. The van der Waals surface area contributed by atoms with Crippen molar-refractivity contribution < 1.29 is 17.6 Å². The molecule has 0 aliphatic carbocycles. The molecule has 1 aromatic carbocycles. The van der Waals surface area contributed by atoms with Crippen molar-refractivity contribution >= 4 is 5.69 Å². The van der Waals surface area contributed by atoms with Gasteiger partial charge in [-0.05, 0) is 32.2 Å². The summed E-state index contributed by atoms with van der Waals surface area (Å²) in [7, 11) is 1.94. The molecule has 0 unspecified atom stereocenters. The van der Waals surface area contributed by atoms with E-state index in [2.05, 4.69) is 4.90 Å². The molecule has 0 aromatic heterocycles. The first-order chi connectivity index (χ1) is 8.79. The Kier molecular flexibility index (Phi) is 3.71. The highest BCUT2D eigenvalue weighted by atomic mass is 19.4. The van der Waals surface area contributed by atoms with Crippen LogP contribution in [0, 0.1) is 5.82 Å². The molecule has 2 rings (SSSR count). The third-order valence-electron chi connectivity index (χ3n) is 3.41. The smallest absolute Gasteiger partial charge is 0.364 e. The van der Waals surface area contributed by atoms with Crippen LogP contribution in [0.3, 0.4) is 0 Å². The number of hydrogen-bond acceptors (Lipinski definition) is 2. The molecule has 1 saturated heterocycles. The third-order valence-corrected chi connectivity index (χ3v) is 3.41. The summed E-state index contributed by atoms with van der Waals surface area (Å²) in [4.78, 5) is 3.78. The summed E-state index contributed by atoms with van der Waals surface area (Å²) in [5.41, 5.74) is -0.773. The number of anilines is 1. The first kappa shape index (κ1) is 14.1. The van der Waals surface area contributed by atoms with Crippen LogP contribution in [-0.2, 0) is 6.18 Å². The number of nitrogens with zero attached hydrogens (tertiary/aromatic N) is 2. The van der Waals surface area contributed by atoms with Crippen molar-refractivity contribution in [2.75, 3.05) is 31.6 Å². The molecule has 1 fully saturated rings. The van der Waals surface area contributed by atoms with Crippen LogP contribution < -0.4 is 4.90 Å². The van der Waals surface area contributed by atoms with Crippen LogP contribution in [-0.4, -0.2) is 37.6 Å². The van der Waals surface area contributed by atoms with Crippen molar-refractivity contribution in [3.05, 3.63) is 29.6 Å². The van der Waals surface area contributed by atoms with Gasteiger partial charge in [0, 0.05) is 25.7 Å². The summed E-state index contributed by atoms with van der Waals surface area (Å²) in [5.74, 6) is -0.607. The lowest BCUT2D eigenvalue weighted by atomic mass is 10.1. The van der Waals surface area contributed by atoms with Crippen molar-refractivity contribution in [2.45, 2.75) is 19.1 Å². The van der Waals surface area contributed by atoms with Crippen LogP contribution >= 0.6 is 0 Å². The highest BCUT2D eigenvalue weighted by Crippen LogP contribution is 2.34. The van der Waals surface area contributed by atoms with E-state index in [1.54, 1.807) is 4.90 Å². The zero-order valence-electron chi connectivity index (χ0n) is 10.8. The Balaban J connectivity index is 2.33. The lowest BCUT2D eigenvalue weighted by molar-refractivity contribution is -0.137. The molecule has 6 heteroatoms. The SMILES string of the molecule is C[C@H]1CN(C)CCN1c1cc(C(F)(F)F)ccc1F. The summed E-state index contributed by atoms with van der Waals surface area (Å²) >= 11 is 0. The van der Waals surface area contributed by atoms with Crippen molar-refractivity contribution in [3.63, 3.8) is 0 Å². The van der Waals surface area contributed by atoms with Gasteiger partial charge in [-0.15, -0.1) is 0 Å². The number of piperazine rings is 1. The van der Waals surface area contributed by atoms with Gasteiger partial charge < -0.3 is 9.80 Å². The largest absolute Gasteiger partial charge is 0.416 e. The normalized spacial score (nSPS) is 21.8. The van der Waals surface area contributed by atoms with Gasteiger partial charge in [-0.3, -0.25) is 0 Å². The summed E-state index contributed by atoms with van der Waals surface area (Å²) in [5, 5.41) is 0.